The summed E-state index contributed by atoms with van der Waals surface area (Å²) in [5.41, 5.74) is 2.51. The Balaban J connectivity index is 1.72. The zero-order valence-electron chi connectivity index (χ0n) is 17.0. The third-order valence-electron chi connectivity index (χ3n) is 4.22. The van der Waals surface area contributed by atoms with Gasteiger partial charge in [-0.25, -0.2) is 4.79 Å². The Kier molecular flexibility index (Phi) is 7.80. The summed E-state index contributed by atoms with van der Waals surface area (Å²) in [7, 11) is 1.57. The summed E-state index contributed by atoms with van der Waals surface area (Å²) in [6.45, 7) is 1.47. The molecule has 0 saturated heterocycles. The highest BCUT2D eigenvalue weighted by Crippen LogP contribution is 2.36. The molecule has 7 nitrogen and oxygen atoms in total. The van der Waals surface area contributed by atoms with Crippen LogP contribution in [-0.4, -0.2) is 38.2 Å². The van der Waals surface area contributed by atoms with Crippen LogP contribution >= 0.6 is 22.7 Å². The highest BCUT2D eigenvalue weighted by atomic mass is 32.1. The van der Waals surface area contributed by atoms with Gasteiger partial charge >= 0.3 is 11.9 Å². The Morgan fingerprint density at radius 3 is 2.45 bits per heavy atom. The number of benzene rings is 1. The first kappa shape index (κ1) is 22.5. The molecule has 162 valence electrons. The van der Waals surface area contributed by atoms with E-state index in [-0.39, 0.29) is 18.6 Å². The third kappa shape index (κ3) is 5.93. The Hall–Kier alpha value is -3.17. The van der Waals surface area contributed by atoms with Crippen molar-refractivity contribution in [3.05, 3.63) is 57.6 Å². The molecule has 1 aromatic carbocycles. The molecule has 0 aliphatic rings. The fourth-order valence-electron chi connectivity index (χ4n) is 2.76. The molecule has 0 atom stereocenters. The molecule has 0 radical (unpaired) electrons. The Bertz CT molecular complexity index is 1040. The summed E-state index contributed by atoms with van der Waals surface area (Å²) in [6, 6.07) is 9.03. The number of esters is 2. The molecular formula is C22H21NO6S2. The molecule has 0 aliphatic heterocycles. The third-order valence-corrected chi connectivity index (χ3v) is 5.84. The van der Waals surface area contributed by atoms with Gasteiger partial charge in [0.15, 0.2) is 6.61 Å². The number of carbonyl (C=O) groups excluding carboxylic acids is 3. The first-order chi connectivity index (χ1) is 15.0. The summed E-state index contributed by atoms with van der Waals surface area (Å²) in [5, 5.41) is 8.47. The molecule has 0 bridgehead atoms. The van der Waals surface area contributed by atoms with Gasteiger partial charge in [-0.15, -0.1) is 11.3 Å². The van der Waals surface area contributed by atoms with Crippen LogP contribution in [0.15, 0.2) is 46.5 Å². The maximum atomic E-state index is 12.6. The summed E-state index contributed by atoms with van der Waals surface area (Å²) >= 11 is 2.68. The fraction of sp³-hybridized carbons (Fsp3) is 0.227. The molecular weight excluding hydrogens is 438 g/mol. The van der Waals surface area contributed by atoms with Gasteiger partial charge in [0.2, 0.25) is 0 Å². The van der Waals surface area contributed by atoms with E-state index in [9.17, 15) is 14.4 Å². The van der Waals surface area contributed by atoms with Crippen molar-refractivity contribution in [3.8, 4) is 16.9 Å². The minimum atomic E-state index is -0.542. The maximum Gasteiger partial charge on any atom is 0.341 e. The normalized spacial score (nSPS) is 10.4. The molecule has 0 aliphatic carbocycles. The number of methoxy groups -OCH3 is 1. The second kappa shape index (κ2) is 10.7. The standard InChI is InChI=1S/C22H21NO6S2/c1-3-28-22(26)20-17(15-4-6-16(27-2)7-5-15)13-31-21(20)23-18(24)11-29-19(25)10-14-8-9-30-12-14/h4-9,12-13H,3,10-11H2,1-2H3,(H,23,24). The van der Waals surface area contributed by atoms with Gasteiger partial charge in [-0.1, -0.05) is 12.1 Å². The Morgan fingerprint density at radius 1 is 1.03 bits per heavy atom. The van der Waals surface area contributed by atoms with E-state index >= 15 is 0 Å². The minimum Gasteiger partial charge on any atom is -0.497 e. The smallest absolute Gasteiger partial charge is 0.341 e. The lowest BCUT2D eigenvalue weighted by molar-refractivity contribution is -0.146. The molecule has 2 aromatic heterocycles. The van der Waals surface area contributed by atoms with Crippen LogP contribution in [0.3, 0.4) is 0 Å². The lowest BCUT2D eigenvalue weighted by atomic mass is 10.0. The van der Waals surface area contributed by atoms with Gasteiger partial charge in [-0.05, 0) is 47.0 Å². The van der Waals surface area contributed by atoms with E-state index in [1.165, 1.54) is 22.7 Å². The molecule has 31 heavy (non-hydrogen) atoms. The molecule has 0 spiro atoms. The fourth-order valence-corrected chi connectivity index (χ4v) is 4.40. The van der Waals surface area contributed by atoms with E-state index < -0.39 is 24.5 Å². The first-order valence-electron chi connectivity index (χ1n) is 9.41. The van der Waals surface area contributed by atoms with Crippen molar-refractivity contribution < 1.29 is 28.6 Å². The predicted molar refractivity (Wildman–Crippen MR) is 120 cm³/mol. The lowest BCUT2D eigenvalue weighted by Crippen LogP contribution is -2.22. The van der Waals surface area contributed by atoms with Gasteiger partial charge in [0, 0.05) is 10.9 Å². The van der Waals surface area contributed by atoms with Crippen molar-refractivity contribution in [3.63, 3.8) is 0 Å². The number of amides is 1. The van der Waals surface area contributed by atoms with Crippen LogP contribution in [0.25, 0.3) is 11.1 Å². The predicted octanol–water partition coefficient (Wildman–Crippen LogP) is 4.39. The quantitative estimate of drug-likeness (QED) is 0.478. The molecule has 0 unspecified atom stereocenters. The number of rotatable bonds is 9. The number of hydrogen-bond acceptors (Lipinski definition) is 8. The molecule has 0 fully saturated rings. The van der Waals surface area contributed by atoms with Crippen molar-refractivity contribution in [1.29, 1.82) is 0 Å². The van der Waals surface area contributed by atoms with E-state index in [0.717, 1.165) is 11.1 Å². The van der Waals surface area contributed by atoms with Crippen LogP contribution in [0.2, 0.25) is 0 Å². The largest absolute Gasteiger partial charge is 0.497 e. The minimum absolute atomic E-state index is 0.103. The Morgan fingerprint density at radius 2 is 1.81 bits per heavy atom. The molecule has 3 rings (SSSR count). The highest BCUT2D eigenvalue weighted by Gasteiger charge is 2.23. The van der Waals surface area contributed by atoms with Crippen LogP contribution in [0.5, 0.6) is 5.75 Å². The highest BCUT2D eigenvalue weighted by molar-refractivity contribution is 7.15. The van der Waals surface area contributed by atoms with Crippen molar-refractivity contribution in [2.24, 2.45) is 0 Å². The van der Waals surface area contributed by atoms with Crippen LogP contribution in [0.1, 0.15) is 22.8 Å². The van der Waals surface area contributed by atoms with E-state index in [4.69, 9.17) is 14.2 Å². The molecule has 9 heteroatoms. The van der Waals surface area contributed by atoms with E-state index in [1.807, 2.05) is 29.0 Å². The number of thiophene rings is 2. The van der Waals surface area contributed by atoms with Crippen molar-refractivity contribution in [2.45, 2.75) is 13.3 Å². The van der Waals surface area contributed by atoms with Crippen LogP contribution < -0.4 is 10.1 Å². The van der Waals surface area contributed by atoms with Gasteiger partial charge in [-0.3, -0.25) is 9.59 Å². The average molecular weight is 460 g/mol. The number of hydrogen-bond donors (Lipinski definition) is 1. The van der Waals surface area contributed by atoms with Gasteiger partial charge in [0.25, 0.3) is 5.91 Å². The number of carbonyl (C=O) groups is 3. The molecule has 3 aromatic rings. The zero-order chi connectivity index (χ0) is 22.2. The van der Waals surface area contributed by atoms with E-state index in [1.54, 1.807) is 31.5 Å². The second-order valence-electron chi connectivity index (χ2n) is 6.32. The molecule has 1 amide bonds. The molecule has 0 saturated carbocycles. The number of anilines is 1. The molecule has 1 N–H and O–H groups in total. The van der Waals surface area contributed by atoms with Gasteiger partial charge in [-0.2, -0.15) is 11.3 Å². The molecule has 2 heterocycles. The summed E-state index contributed by atoms with van der Waals surface area (Å²) < 4.78 is 15.4. The van der Waals surface area contributed by atoms with E-state index in [0.29, 0.717) is 16.3 Å². The van der Waals surface area contributed by atoms with Crippen molar-refractivity contribution >= 4 is 45.5 Å². The van der Waals surface area contributed by atoms with Gasteiger partial charge in [0.1, 0.15) is 16.3 Å². The van der Waals surface area contributed by atoms with Crippen molar-refractivity contribution in [1.82, 2.24) is 0 Å². The summed E-state index contributed by atoms with van der Waals surface area (Å²) in [6.07, 6.45) is 0.103. The average Bonchev–Trinajstić information content (AvgIpc) is 3.42. The summed E-state index contributed by atoms with van der Waals surface area (Å²) in [5.74, 6) is -0.884. The van der Waals surface area contributed by atoms with Crippen LogP contribution in [-0.2, 0) is 25.5 Å². The lowest BCUT2D eigenvalue weighted by Gasteiger charge is -2.09. The zero-order valence-corrected chi connectivity index (χ0v) is 18.6. The monoisotopic (exact) mass is 459 g/mol. The maximum absolute atomic E-state index is 12.6. The SMILES string of the molecule is CCOC(=O)c1c(-c2ccc(OC)cc2)csc1NC(=O)COC(=O)Cc1ccsc1. The van der Waals surface area contributed by atoms with Crippen LogP contribution in [0.4, 0.5) is 5.00 Å². The topological polar surface area (TPSA) is 90.9 Å². The number of nitrogens with one attached hydrogen (secondary N) is 1. The summed E-state index contributed by atoms with van der Waals surface area (Å²) in [4.78, 5) is 36.8. The van der Waals surface area contributed by atoms with Gasteiger partial charge in [0.05, 0.1) is 20.1 Å². The Labute approximate surface area is 187 Å². The second-order valence-corrected chi connectivity index (χ2v) is 7.98. The van der Waals surface area contributed by atoms with Gasteiger partial charge < -0.3 is 19.5 Å². The van der Waals surface area contributed by atoms with E-state index in [2.05, 4.69) is 5.32 Å². The van der Waals surface area contributed by atoms with Crippen molar-refractivity contribution in [2.75, 3.05) is 25.6 Å². The number of ether oxygens (including phenoxy) is 3. The first-order valence-corrected chi connectivity index (χ1v) is 11.2. The van der Waals surface area contributed by atoms with Crippen LogP contribution in [0, 0.1) is 0 Å².